The first-order valence-electron chi connectivity index (χ1n) is 10.6. The van der Waals surface area contributed by atoms with Gasteiger partial charge in [0.05, 0.1) is 18.3 Å². The van der Waals surface area contributed by atoms with E-state index in [1.165, 1.54) is 6.33 Å². The Bertz CT molecular complexity index is 1280. The van der Waals surface area contributed by atoms with Crippen LogP contribution in [0, 0.1) is 6.92 Å². The highest BCUT2D eigenvalue weighted by molar-refractivity contribution is 5.92. The zero-order valence-corrected chi connectivity index (χ0v) is 18.3. The largest absolute Gasteiger partial charge is 0.471 e. The zero-order chi connectivity index (χ0) is 22.2. The highest BCUT2D eigenvalue weighted by Gasteiger charge is 2.30. The third-order valence-electron chi connectivity index (χ3n) is 5.86. The van der Waals surface area contributed by atoms with Crippen LogP contribution < -0.4 is 4.74 Å². The molecule has 0 radical (unpaired) electrons. The van der Waals surface area contributed by atoms with Crippen molar-refractivity contribution in [2.75, 3.05) is 13.1 Å². The Hall–Kier alpha value is -3.82. The lowest BCUT2D eigenvalue weighted by Gasteiger charge is -2.16. The Morgan fingerprint density at radius 1 is 1.25 bits per heavy atom. The first-order valence-corrected chi connectivity index (χ1v) is 10.6. The number of fused-ring (bicyclic) bond motifs is 1. The summed E-state index contributed by atoms with van der Waals surface area (Å²) in [7, 11) is 1.92. The maximum atomic E-state index is 12.7. The molecule has 0 spiro atoms. The molecule has 1 unspecified atom stereocenters. The molecule has 4 aromatic heterocycles. The van der Waals surface area contributed by atoms with Gasteiger partial charge in [-0.15, -0.1) is 0 Å². The summed E-state index contributed by atoms with van der Waals surface area (Å²) in [6.07, 6.45) is 5.48. The van der Waals surface area contributed by atoms with Crippen LogP contribution in [0.4, 0.5) is 0 Å². The molecule has 0 bridgehead atoms. The molecule has 164 valence electrons. The van der Waals surface area contributed by atoms with Crippen LogP contribution in [0.2, 0.25) is 0 Å². The second-order valence-corrected chi connectivity index (χ2v) is 7.80. The van der Waals surface area contributed by atoms with Crippen LogP contribution >= 0.6 is 0 Å². The molecule has 5 rings (SSSR count). The monoisotopic (exact) mass is 432 g/mol. The van der Waals surface area contributed by atoms with E-state index in [1.807, 2.05) is 35.5 Å². The van der Waals surface area contributed by atoms with Gasteiger partial charge in [0, 0.05) is 38.4 Å². The number of carbonyl (C=O) groups is 1. The second-order valence-electron chi connectivity index (χ2n) is 7.80. The lowest BCUT2D eigenvalue weighted by Crippen LogP contribution is -2.31. The van der Waals surface area contributed by atoms with Gasteiger partial charge in [0.1, 0.15) is 23.9 Å². The van der Waals surface area contributed by atoms with Crippen LogP contribution in [0.25, 0.3) is 22.6 Å². The molecule has 10 heteroatoms. The van der Waals surface area contributed by atoms with E-state index in [4.69, 9.17) is 9.72 Å². The number of aryl methyl sites for hydroxylation is 2. The Kier molecular flexibility index (Phi) is 5.04. The quantitative estimate of drug-likeness (QED) is 0.476. The molecule has 0 aromatic carbocycles. The molecule has 0 aliphatic carbocycles. The van der Waals surface area contributed by atoms with Crippen molar-refractivity contribution < 1.29 is 9.53 Å². The molecule has 1 aliphatic rings. The number of aromatic nitrogens is 7. The maximum absolute atomic E-state index is 12.7. The van der Waals surface area contributed by atoms with E-state index in [0.29, 0.717) is 42.2 Å². The van der Waals surface area contributed by atoms with Crippen molar-refractivity contribution in [3.05, 3.63) is 48.3 Å². The minimum atomic E-state index is -0.171. The molecule has 0 N–H and O–H groups in total. The molecule has 1 atom stereocenters. The number of pyridine rings is 1. The van der Waals surface area contributed by atoms with Gasteiger partial charge >= 0.3 is 0 Å². The summed E-state index contributed by atoms with van der Waals surface area (Å²) in [4.78, 5) is 32.2. The van der Waals surface area contributed by atoms with E-state index in [9.17, 15) is 4.79 Å². The molecular formula is C22H24N8O2. The molecule has 0 saturated carbocycles. The van der Waals surface area contributed by atoms with Gasteiger partial charge in [-0.25, -0.2) is 9.97 Å². The van der Waals surface area contributed by atoms with E-state index in [2.05, 4.69) is 27.0 Å². The fraction of sp³-hybridized carbons (Fsp3) is 0.364. The molecule has 32 heavy (non-hydrogen) atoms. The lowest BCUT2D eigenvalue weighted by atomic mass is 10.2. The molecule has 5 heterocycles. The highest BCUT2D eigenvalue weighted by atomic mass is 16.5. The Morgan fingerprint density at radius 3 is 2.88 bits per heavy atom. The molecule has 1 aliphatic heterocycles. The van der Waals surface area contributed by atoms with Crippen LogP contribution in [-0.4, -0.2) is 64.3 Å². The Labute approximate surface area is 184 Å². The Morgan fingerprint density at radius 2 is 2.12 bits per heavy atom. The topological polar surface area (TPSA) is 104 Å². The van der Waals surface area contributed by atoms with Gasteiger partial charge in [-0.05, 0) is 26.0 Å². The number of imidazole rings is 1. The van der Waals surface area contributed by atoms with Crippen molar-refractivity contribution in [1.82, 2.24) is 39.2 Å². The van der Waals surface area contributed by atoms with Crippen molar-refractivity contribution in [2.24, 2.45) is 7.05 Å². The first-order chi connectivity index (χ1) is 15.6. The number of hydrogen-bond donors (Lipinski definition) is 0. The summed E-state index contributed by atoms with van der Waals surface area (Å²) in [5.74, 6) is 1.10. The minimum absolute atomic E-state index is 0.0898. The van der Waals surface area contributed by atoms with Gasteiger partial charge in [-0.2, -0.15) is 10.1 Å². The molecule has 1 amide bonds. The van der Waals surface area contributed by atoms with E-state index >= 15 is 0 Å². The van der Waals surface area contributed by atoms with Gasteiger partial charge in [0.25, 0.3) is 5.91 Å². The SMILES string of the molecule is CCn1ncc(-c2nc3c(OC4CCN(C(=O)c5ccccn5)C4)ncnc3n2C)c1C. The van der Waals surface area contributed by atoms with Crippen molar-refractivity contribution in [1.29, 1.82) is 0 Å². The maximum Gasteiger partial charge on any atom is 0.272 e. The predicted molar refractivity (Wildman–Crippen MR) is 117 cm³/mol. The smallest absolute Gasteiger partial charge is 0.272 e. The molecule has 10 nitrogen and oxygen atoms in total. The molecular weight excluding hydrogens is 408 g/mol. The predicted octanol–water partition coefficient (Wildman–Crippen LogP) is 2.24. The van der Waals surface area contributed by atoms with Gasteiger partial charge in [0.2, 0.25) is 5.88 Å². The van der Waals surface area contributed by atoms with Gasteiger partial charge in [0.15, 0.2) is 11.2 Å². The minimum Gasteiger partial charge on any atom is -0.471 e. The third kappa shape index (κ3) is 3.37. The van der Waals surface area contributed by atoms with Gasteiger partial charge in [-0.3, -0.25) is 14.5 Å². The number of rotatable bonds is 5. The average molecular weight is 432 g/mol. The van der Waals surface area contributed by atoms with Crippen LogP contribution in [0.5, 0.6) is 5.88 Å². The van der Waals surface area contributed by atoms with E-state index in [0.717, 1.165) is 23.6 Å². The molecule has 1 saturated heterocycles. The van der Waals surface area contributed by atoms with Crippen LogP contribution in [0.1, 0.15) is 29.5 Å². The fourth-order valence-electron chi connectivity index (χ4n) is 4.11. The number of ether oxygens (including phenoxy) is 1. The number of amides is 1. The van der Waals surface area contributed by atoms with Gasteiger partial charge < -0.3 is 14.2 Å². The van der Waals surface area contributed by atoms with Crippen LogP contribution in [0.3, 0.4) is 0 Å². The first kappa shape index (κ1) is 20.1. The molecule has 4 aromatic rings. The summed E-state index contributed by atoms with van der Waals surface area (Å²) in [5, 5.41) is 4.43. The van der Waals surface area contributed by atoms with Crippen molar-refractivity contribution >= 4 is 17.1 Å². The van der Waals surface area contributed by atoms with Crippen LogP contribution in [-0.2, 0) is 13.6 Å². The van der Waals surface area contributed by atoms with Gasteiger partial charge in [-0.1, -0.05) is 6.07 Å². The standard InChI is InChI=1S/C22H24N8O2/c1-4-30-14(2)16(11-26-30)19-27-18-20(28(19)3)24-13-25-21(18)32-15-8-10-29(12-15)22(31)17-7-5-6-9-23-17/h5-7,9,11,13,15H,4,8,10,12H2,1-3H3. The summed E-state index contributed by atoms with van der Waals surface area (Å²) in [5.41, 5.74) is 3.72. The summed E-state index contributed by atoms with van der Waals surface area (Å²) in [6.45, 7) is 5.96. The van der Waals surface area contributed by atoms with Crippen molar-refractivity contribution in [2.45, 2.75) is 32.9 Å². The fourth-order valence-corrected chi connectivity index (χ4v) is 4.11. The van der Waals surface area contributed by atoms with E-state index in [-0.39, 0.29) is 12.0 Å². The third-order valence-corrected chi connectivity index (χ3v) is 5.86. The number of carbonyl (C=O) groups excluding carboxylic acids is 1. The number of likely N-dealkylation sites (tertiary alicyclic amines) is 1. The average Bonchev–Trinajstić information content (AvgIpc) is 3.52. The summed E-state index contributed by atoms with van der Waals surface area (Å²) >= 11 is 0. The lowest BCUT2D eigenvalue weighted by molar-refractivity contribution is 0.0766. The summed E-state index contributed by atoms with van der Waals surface area (Å²) < 4.78 is 10.1. The zero-order valence-electron chi connectivity index (χ0n) is 18.3. The van der Waals surface area contributed by atoms with E-state index < -0.39 is 0 Å². The van der Waals surface area contributed by atoms with E-state index in [1.54, 1.807) is 23.2 Å². The second kappa shape index (κ2) is 8.03. The Balaban J connectivity index is 1.39. The molecule has 1 fully saturated rings. The van der Waals surface area contributed by atoms with Crippen molar-refractivity contribution in [3.8, 4) is 17.3 Å². The highest BCUT2D eigenvalue weighted by Crippen LogP contribution is 2.30. The number of hydrogen-bond acceptors (Lipinski definition) is 7. The summed E-state index contributed by atoms with van der Waals surface area (Å²) in [6, 6.07) is 5.33. The normalized spacial score (nSPS) is 16.1. The van der Waals surface area contributed by atoms with Crippen molar-refractivity contribution in [3.63, 3.8) is 0 Å². The number of nitrogens with zero attached hydrogens (tertiary/aromatic N) is 8. The van der Waals surface area contributed by atoms with Crippen LogP contribution in [0.15, 0.2) is 36.9 Å².